The van der Waals surface area contributed by atoms with Crippen molar-refractivity contribution in [3.05, 3.63) is 89.7 Å². The average molecular weight is 385 g/mol. The quantitative estimate of drug-likeness (QED) is 0.523. The van der Waals surface area contributed by atoms with Gasteiger partial charge < -0.3 is 10.1 Å². The highest BCUT2D eigenvalue weighted by atomic mass is 16.5. The highest BCUT2D eigenvalue weighted by Crippen LogP contribution is 2.22. The average Bonchev–Trinajstić information content (AvgIpc) is 3.00. The predicted molar refractivity (Wildman–Crippen MR) is 115 cm³/mol. The van der Waals surface area contributed by atoms with Crippen LogP contribution < -0.4 is 10.1 Å². The number of benzene rings is 3. The van der Waals surface area contributed by atoms with E-state index in [-0.39, 0.29) is 12.5 Å². The Morgan fingerprint density at radius 2 is 1.69 bits per heavy atom. The molecule has 29 heavy (non-hydrogen) atoms. The van der Waals surface area contributed by atoms with Crippen molar-refractivity contribution >= 4 is 22.4 Å². The number of rotatable bonds is 6. The Hall–Kier alpha value is -3.60. The molecule has 0 atom stereocenters. The van der Waals surface area contributed by atoms with Gasteiger partial charge in [0.2, 0.25) is 0 Å². The third-order valence-corrected chi connectivity index (χ3v) is 4.91. The maximum Gasteiger partial charge on any atom is 0.262 e. The highest BCUT2D eigenvalue weighted by molar-refractivity contribution is 5.93. The summed E-state index contributed by atoms with van der Waals surface area (Å²) in [6, 6.07) is 24.0. The van der Waals surface area contributed by atoms with Crippen LogP contribution in [0.15, 0.2) is 72.8 Å². The zero-order valence-corrected chi connectivity index (χ0v) is 16.6. The molecule has 0 unspecified atom stereocenters. The van der Waals surface area contributed by atoms with Gasteiger partial charge in [0.05, 0.1) is 23.6 Å². The van der Waals surface area contributed by atoms with Gasteiger partial charge in [0.25, 0.3) is 5.91 Å². The van der Waals surface area contributed by atoms with Gasteiger partial charge in [-0.05, 0) is 42.3 Å². The van der Waals surface area contributed by atoms with Crippen LogP contribution in [0.1, 0.15) is 17.0 Å². The Morgan fingerprint density at radius 1 is 0.966 bits per heavy atom. The molecule has 4 aromatic rings. The van der Waals surface area contributed by atoms with E-state index in [1.165, 1.54) is 0 Å². The van der Waals surface area contributed by atoms with Crippen LogP contribution in [0, 0.1) is 13.8 Å². The van der Waals surface area contributed by atoms with E-state index in [0.29, 0.717) is 12.3 Å². The van der Waals surface area contributed by atoms with Crippen molar-refractivity contribution in [2.45, 2.75) is 20.4 Å². The minimum atomic E-state index is -0.205. The zero-order valence-electron chi connectivity index (χ0n) is 16.6. The zero-order chi connectivity index (χ0) is 20.2. The van der Waals surface area contributed by atoms with Crippen molar-refractivity contribution in [2.24, 2.45) is 0 Å². The highest BCUT2D eigenvalue weighted by Gasteiger charge is 2.15. The summed E-state index contributed by atoms with van der Waals surface area (Å²) in [4.78, 5) is 12.4. The first-order chi connectivity index (χ1) is 14.1. The van der Waals surface area contributed by atoms with Gasteiger partial charge in [0.15, 0.2) is 6.61 Å². The molecule has 0 spiro atoms. The summed E-state index contributed by atoms with van der Waals surface area (Å²) < 4.78 is 7.60. The van der Waals surface area contributed by atoms with Crippen molar-refractivity contribution in [3.8, 4) is 5.75 Å². The number of carbonyl (C=O) groups excluding carboxylic acids is 1. The summed E-state index contributed by atoms with van der Waals surface area (Å²) in [7, 11) is 0. The number of aromatic nitrogens is 2. The fourth-order valence-corrected chi connectivity index (χ4v) is 3.37. The molecule has 0 saturated heterocycles. The molecule has 0 fully saturated rings. The van der Waals surface area contributed by atoms with Gasteiger partial charge in [0.1, 0.15) is 5.75 Å². The number of aryl methyl sites for hydroxylation is 1. The summed E-state index contributed by atoms with van der Waals surface area (Å²) in [6.07, 6.45) is 0. The van der Waals surface area contributed by atoms with E-state index in [1.807, 2.05) is 79.2 Å². The van der Waals surface area contributed by atoms with Gasteiger partial charge in [-0.1, -0.05) is 60.7 Å². The normalized spacial score (nSPS) is 10.8. The second kappa shape index (κ2) is 8.19. The number of hydrogen-bond acceptors (Lipinski definition) is 3. The van der Waals surface area contributed by atoms with Crippen molar-refractivity contribution in [2.75, 3.05) is 11.9 Å². The van der Waals surface area contributed by atoms with Crippen LogP contribution in [-0.2, 0) is 11.3 Å². The Morgan fingerprint density at radius 3 is 2.48 bits per heavy atom. The first-order valence-electron chi connectivity index (χ1n) is 9.59. The fraction of sp³-hybridized carbons (Fsp3) is 0.167. The molecule has 146 valence electrons. The molecule has 5 nitrogen and oxygen atoms in total. The Balaban J connectivity index is 1.41. The van der Waals surface area contributed by atoms with E-state index in [4.69, 9.17) is 4.74 Å². The van der Waals surface area contributed by atoms with E-state index in [1.54, 1.807) is 0 Å². The van der Waals surface area contributed by atoms with E-state index in [0.717, 1.165) is 33.4 Å². The molecular formula is C24H23N3O2. The van der Waals surface area contributed by atoms with E-state index in [2.05, 4.69) is 22.5 Å². The second-order valence-electron chi connectivity index (χ2n) is 7.03. The molecule has 0 aliphatic heterocycles. The van der Waals surface area contributed by atoms with Crippen molar-refractivity contribution < 1.29 is 9.53 Å². The lowest BCUT2D eigenvalue weighted by atomic mass is 10.1. The molecule has 0 aliphatic rings. The third-order valence-electron chi connectivity index (χ3n) is 4.91. The van der Waals surface area contributed by atoms with Crippen molar-refractivity contribution in [1.29, 1.82) is 0 Å². The van der Waals surface area contributed by atoms with Gasteiger partial charge in [-0.15, -0.1) is 0 Å². The maximum absolute atomic E-state index is 12.4. The van der Waals surface area contributed by atoms with Gasteiger partial charge in [-0.25, -0.2) is 0 Å². The minimum Gasteiger partial charge on any atom is -0.484 e. The molecule has 1 aromatic heterocycles. The van der Waals surface area contributed by atoms with Crippen LogP contribution in [0.3, 0.4) is 0 Å². The van der Waals surface area contributed by atoms with Crippen molar-refractivity contribution in [3.63, 3.8) is 0 Å². The number of anilines is 1. The Kier molecular flexibility index (Phi) is 5.29. The van der Waals surface area contributed by atoms with E-state index < -0.39 is 0 Å². The summed E-state index contributed by atoms with van der Waals surface area (Å²) in [5.41, 5.74) is 3.62. The summed E-state index contributed by atoms with van der Waals surface area (Å²) in [5.74, 6) is 0.468. The largest absolute Gasteiger partial charge is 0.484 e. The smallest absolute Gasteiger partial charge is 0.262 e. The molecule has 0 saturated carbocycles. The number of amides is 1. The molecule has 0 bridgehead atoms. The summed E-state index contributed by atoms with van der Waals surface area (Å²) >= 11 is 0. The number of hydrogen-bond donors (Lipinski definition) is 1. The standard InChI is InChI=1S/C24H23N3O2/c1-17-24(18(2)27(26-17)15-19-8-4-3-5-9-19)25-23(28)16-29-22-13-12-20-10-6-7-11-21(20)14-22/h3-14H,15-16H2,1-2H3,(H,25,28). The Labute approximate surface area is 169 Å². The molecule has 0 radical (unpaired) electrons. The monoisotopic (exact) mass is 385 g/mol. The van der Waals surface area contributed by atoms with Crippen LogP contribution in [0.4, 0.5) is 5.69 Å². The Bertz CT molecular complexity index is 1150. The molecule has 1 heterocycles. The summed E-state index contributed by atoms with van der Waals surface area (Å²) in [5, 5.41) is 9.74. The molecule has 1 N–H and O–H groups in total. The third kappa shape index (κ3) is 4.29. The summed E-state index contributed by atoms with van der Waals surface area (Å²) in [6.45, 7) is 4.47. The van der Waals surface area contributed by atoms with Crippen LogP contribution >= 0.6 is 0 Å². The number of nitrogens with zero attached hydrogens (tertiary/aromatic N) is 2. The second-order valence-corrected chi connectivity index (χ2v) is 7.03. The lowest BCUT2D eigenvalue weighted by Crippen LogP contribution is -2.21. The number of carbonyl (C=O) groups is 1. The predicted octanol–water partition coefficient (Wildman–Crippen LogP) is 4.72. The van der Waals surface area contributed by atoms with Gasteiger partial charge in [-0.2, -0.15) is 5.10 Å². The molecule has 1 amide bonds. The number of nitrogens with one attached hydrogen (secondary N) is 1. The first-order valence-corrected chi connectivity index (χ1v) is 9.59. The molecule has 4 rings (SSSR count). The van der Waals surface area contributed by atoms with Gasteiger partial charge in [0, 0.05) is 0 Å². The van der Waals surface area contributed by atoms with E-state index in [9.17, 15) is 4.79 Å². The molecule has 0 aliphatic carbocycles. The number of fused-ring (bicyclic) bond motifs is 1. The molecule has 3 aromatic carbocycles. The molecular weight excluding hydrogens is 362 g/mol. The van der Waals surface area contributed by atoms with Crippen LogP contribution in [0.2, 0.25) is 0 Å². The SMILES string of the molecule is Cc1nn(Cc2ccccc2)c(C)c1NC(=O)COc1ccc2ccccc2c1. The van der Waals surface area contributed by atoms with E-state index >= 15 is 0 Å². The van der Waals surface area contributed by atoms with Crippen molar-refractivity contribution in [1.82, 2.24) is 9.78 Å². The fourth-order valence-electron chi connectivity index (χ4n) is 3.37. The topological polar surface area (TPSA) is 56.2 Å². The van der Waals surface area contributed by atoms with Gasteiger partial charge in [-0.3, -0.25) is 9.48 Å². The first kappa shape index (κ1) is 18.7. The number of ether oxygens (including phenoxy) is 1. The lowest BCUT2D eigenvalue weighted by Gasteiger charge is -2.09. The lowest BCUT2D eigenvalue weighted by molar-refractivity contribution is -0.118. The minimum absolute atomic E-state index is 0.0545. The van der Waals surface area contributed by atoms with Crippen LogP contribution in [-0.4, -0.2) is 22.3 Å². The van der Waals surface area contributed by atoms with Crippen LogP contribution in [0.5, 0.6) is 5.75 Å². The molecule has 5 heteroatoms. The maximum atomic E-state index is 12.4. The van der Waals surface area contributed by atoms with Crippen LogP contribution in [0.25, 0.3) is 10.8 Å². The van der Waals surface area contributed by atoms with Gasteiger partial charge >= 0.3 is 0 Å².